The molecule has 2 rings (SSSR count). The number of nitrogens with zero attached hydrogens (tertiary/aromatic N) is 1. The van der Waals surface area contributed by atoms with Gasteiger partial charge < -0.3 is 5.32 Å². The van der Waals surface area contributed by atoms with Gasteiger partial charge in [0.2, 0.25) is 0 Å². The van der Waals surface area contributed by atoms with Crippen molar-refractivity contribution >= 4 is 17.3 Å². The third kappa shape index (κ3) is 3.74. The van der Waals surface area contributed by atoms with E-state index in [1.54, 1.807) is 0 Å². The molecule has 0 aliphatic heterocycles. The molecule has 3 heteroatoms. The highest BCUT2D eigenvalue weighted by molar-refractivity contribution is 6.30. The maximum absolute atomic E-state index is 9.42. The summed E-state index contributed by atoms with van der Waals surface area (Å²) in [6.07, 6.45) is 0.646. The van der Waals surface area contributed by atoms with Crippen LogP contribution in [0, 0.1) is 11.3 Å². The highest BCUT2D eigenvalue weighted by Crippen LogP contribution is 2.21. The summed E-state index contributed by atoms with van der Waals surface area (Å²) in [6.45, 7) is 1.90. The van der Waals surface area contributed by atoms with E-state index in [1.807, 2.05) is 61.5 Å². The Morgan fingerprint density at radius 3 is 2.32 bits per heavy atom. The zero-order valence-electron chi connectivity index (χ0n) is 10.7. The molecule has 2 aromatic rings. The van der Waals surface area contributed by atoms with Gasteiger partial charge in [0, 0.05) is 17.1 Å². The van der Waals surface area contributed by atoms with Crippen LogP contribution >= 0.6 is 11.6 Å². The quantitative estimate of drug-likeness (QED) is 0.900. The number of halogens is 1. The van der Waals surface area contributed by atoms with E-state index >= 15 is 0 Å². The Morgan fingerprint density at radius 2 is 1.74 bits per heavy atom. The van der Waals surface area contributed by atoms with Crippen molar-refractivity contribution in [3.8, 4) is 6.07 Å². The predicted octanol–water partition coefficient (Wildman–Crippen LogP) is 4.28. The minimum Gasteiger partial charge on any atom is -0.367 e. The average Bonchev–Trinajstić information content (AvgIpc) is 2.42. The van der Waals surface area contributed by atoms with Crippen molar-refractivity contribution in [3.63, 3.8) is 0 Å². The fourth-order valence-corrected chi connectivity index (χ4v) is 2.09. The second-order valence-corrected chi connectivity index (χ2v) is 5.17. The van der Waals surface area contributed by atoms with Crippen LogP contribution in [0.1, 0.15) is 12.5 Å². The van der Waals surface area contributed by atoms with E-state index < -0.39 is 5.54 Å². The van der Waals surface area contributed by atoms with Crippen molar-refractivity contribution in [2.45, 2.75) is 18.9 Å². The molecule has 1 atom stereocenters. The molecule has 2 aromatic carbocycles. The predicted molar refractivity (Wildman–Crippen MR) is 79.2 cm³/mol. The molecule has 0 bridgehead atoms. The van der Waals surface area contributed by atoms with E-state index in [2.05, 4.69) is 11.4 Å². The van der Waals surface area contributed by atoms with Gasteiger partial charge in [-0.25, -0.2) is 0 Å². The Bertz CT molecular complexity index is 572. The van der Waals surface area contributed by atoms with Crippen LogP contribution in [0.5, 0.6) is 0 Å². The summed E-state index contributed by atoms with van der Waals surface area (Å²) in [5.74, 6) is 0. The molecule has 0 unspecified atom stereocenters. The van der Waals surface area contributed by atoms with Crippen molar-refractivity contribution in [3.05, 3.63) is 65.2 Å². The Kier molecular flexibility index (Phi) is 4.09. The first-order valence-corrected chi connectivity index (χ1v) is 6.48. The summed E-state index contributed by atoms with van der Waals surface area (Å²) in [6, 6.07) is 19.7. The van der Waals surface area contributed by atoms with Crippen LogP contribution in [-0.2, 0) is 6.42 Å². The zero-order valence-corrected chi connectivity index (χ0v) is 11.5. The van der Waals surface area contributed by atoms with Gasteiger partial charge in [0.05, 0.1) is 6.07 Å². The maximum atomic E-state index is 9.42. The van der Waals surface area contributed by atoms with Gasteiger partial charge >= 0.3 is 0 Å². The van der Waals surface area contributed by atoms with Crippen LogP contribution in [0.25, 0.3) is 0 Å². The number of hydrogen-bond donors (Lipinski definition) is 1. The first kappa shape index (κ1) is 13.5. The van der Waals surface area contributed by atoms with Crippen molar-refractivity contribution in [2.75, 3.05) is 5.32 Å². The lowest BCUT2D eigenvalue weighted by atomic mass is 9.94. The molecule has 0 amide bonds. The van der Waals surface area contributed by atoms with Crippen molar-refractivity contribution in [2.24, 2.45) is 0 Å². The molecule has 96 valence electrons. The summed E-state index contributed by atoms with van der Waals surface area (Å²) in [5.41, 5.74) is 1.38. The van der Waals surface area contributed by atoms with E-state index in [0.717, 1.165) is 11.3 Å². The molecule has 2 nitrogen and oxygen atoms in total. The summed E-state index contributed by atoms with van der Waals surface area (Å²) in [4.78, 5) is 0. The largest absolute Gasteiger partial charge is 0.367 e. The minimum atomic E-state index is -0.644. The number of rotatable bonds is 4. The van der Waals surface area contributed by atoms with Crippen LogP contribution in [0.2, 0.25) is 5.02 Å². The first-order chi connectivity index (χ1) is 9.11. The standard InChI is InChI=1S/C16H15ClN2/c1-16(12-18,11-13-5-3-2-4-6-13)19-15-9-7-14(17)8-10-15/h2-10,19H,11H2,1H3/t16-/m1/s1. The van der Waals surface area contributed by atoms with E-state index in [4.69, 9.17) is 11.6 Å². The number of nitriles is 1. The zero-order chi connectivity index (χ0) is 13.7. The van der Waals surface area contributed by atoms with Crippen LogP contribution in [-0.4, -0.2) is 5.54 Å². The van der Waals surface area contributed by atoms with E-state index in [9.17, 15) is 5.26 Å². The van der Waals surface area contributed by atoms with Gasteiger partial charge in [-0.3, -0.25) is 0 Å². The molecular formula is C16H15ClN2. The number of benzene rings is 2. The second-order valence-electron chi connectivity index (χ2n) is 4.74. The van der Waals surface area contributed by atoms with Gasteiger partial charge in [0.15, 0.2) is 0 Å². The summed E-state index contributed by atoms with van der Waals surface area (Å²) in [7, 11) is 0. The molecule has 0 radical (unpaired) electrons. The molecule has 1 N–H and O–H groups in total. The lowest BCUT2D eigenvalue weighted by Gasteiger charge is -2.24. The molecule has 0 saturated heterocycles. The van der Waals surface area contributed by atoms with Crippen LogP contribution < -0.4 is 5.32 Å². The molecule has 0 aromatic heterocycles. The molecule has 0 spiro atoms. The number of nitrogens with one attached hydrogen (secondary N) is 1. The van der Waals surface area contributed by atoms with Crippen LogP contribution in [0.4, 0.5) is 5.69 Å². The summed E-state index contributed by atoms with van der Waals surface area (Å²) in [5, 5.41) is 13.4. The molecular weight excluding hydrogens is 256 g/mol. The van der Waals surface area contributed by atoms with Gasteiger partial charge in [-0.2, -0.15) is 5.26 Å². The Balaban J connectivity index is 2.14. The molecule has 0 heterocycles. The molecule has 0 aliphatic carbocycles. The highest BCUT2D eigenvalue weighted by atomic mass is 35.5. The summed E-state index contributed by atoms with van der Waals surface area (Å²) < 4.78 is 0. The monoisotopic (exact) mass is 270 g/mol. The van der Waals surface area contributed by atoms with E-state index in [1.165, 1.54) is 0 Å². The molecule has 0 saturated carbocycles. The maximum Gasteiger partial charge on any atom is 0.126 e. The van der Waals surface area contributed by atoms with Gasteiger partial charge in [-0.15, -0.1) is 0 Å². The first-order valence-electron chi connectivity index (χ1n) is 6.10. The van der Waals surface area contributed by atoms with Gasteiger partial charge in [-0.05, 0) is 36.8 Å². The third-order valence-electron chi connectivity index (χ3n) is 2.91. The van der Waals surface area contributed by atoms with E-state index in [0.29, 0.717) is 11.4 Å². The van der Waals surface area contributed by atoms with E-state index in [-0.39, 0.29) is 0 Å². The van der Waals surface area contributed by atoms with Gasteiger partial charge in [0.1, 0.15) is 5.54 Å². The average molecular weight is 271 g/mol. The smallest absolute Gasteiger partial charge is 0.126 e. The van der Waals surface area contributed by atoms with Crippen LogP contribution in [0.15, 0.2) is 54.6 Å². The van der Waals surface area contributed by atoms with Crippen molar-refractivity contribution in [1.82, 2.24) is 0 Å². The lowest BCUT2D eigenvalue weighted by Crippen LogP contribution is -2.35. The Labute approximate surface area is 118 Å². The van der Waals surface area contributed by atoms with Crippen molar-refractivity contribution in [1.29, 1.82) is 5.26 Å². The molecule has 19 heavy (non-hydrogen) atoms. The SMILES string of the molecule is C[C@](C#N)(Cc1ccccc1)Nc1ccc(Cl)cc1. The van der Waals surface area contributed by atoms with Gasteiger partial charge in [-0.1, -0.05) is 41.9 Å². The second kappa shape index (κ2) is 5.77. The fraction of sp³-hybridized carbons (Fsp3) is 0.188. The Hall–Kier alpha value is -1.98. The molecule has 0 fully saturated rings. The normalized spacial score (nSPS) is 13.3. The molecule has 0 aliphatic rings. The van der Waals surface area contributed by atoms with Crippen LogP contribution in [0.3, 0.4) is 0 Å². The Morgan fingerprint density at radius 1 is 1.11 bits per heavy atom. The minimum absolute atomic E-state index is 0.644. The van der Waals surface area contributed by atoms with Gasteiger partial charge in [0.25, 0.3) is 0 Å². The topological polar surface area (TPSA) is 35.8 Å². The van der Waals surface area contributed by atoms with Crippen molar-refractivity contribution < 1.29 is 0 Å². The lowest BCUT2D eigenvalue weighted by molar-refractivity contribution is 0.646. The number of hydrogen-bond acceptors (Lipinski definition) is 2. The number of anilines is 1. The fourth-order valence-electron chi connectivity index (χ4n) is 1.97. The highest BCUT2D eigenvalue weighted by Gasteiger charge is 2.23. The third-order valence-corrected chi connectivity index (χ3v) is 3.16. The summed E-state index contributed by atoms with van der Waals surface area (Å²) >= 11 is 5.85.